The van der Waals surface area contributed by atoms with Crippen LogP contribution in [-0.4, -0.2) is 60.5 Å². The molecule has 0 saturated carbocycles. The molecule has 1 amide bonds. The van der Waals surface area contributed by atoms with Crippen molar-refractivity contribution in [2.24, 2.45) is 0 Å². The molecule has 0 aliphatic carbocycles. The first-order chi connectivity index (χ1) is 11.2. The van der Waals surface area contributed by atoms with Gasteiger partial charge in [-0.25, -0.2) is 0 Å². The van der Waals surface area contributed by atoms with Gasteiger partial charge in [0.1, 0.15) is 0 Å². The zero-order valence-corrected chi connectivity index (χ0v) is 14.5. The third-order valence-electron chi connectivity index (χ3n) is 4.52. The first-order valence-electron chi connectivity index (χ1n) is 8.79. The number of pyridine rings is 1. The molecule has 0 aromatic carbocycles. The molecule has 1 N–H and O–H groups in total. The zero-order valence-electron chi connectivity index (χ0n) is 14.5. The van der Waals surface area contributed by atoms with Gasteiger partial charge >= 0.3 is 0 Å². The molecule has 1 aliphatic heterocycles. The maximum absolute atomic E-state index is 12.3. The van der Waals surface area contributed by atoms with Crippen LogP contribution in [0.3, 0.4) is 0 Å². The van der Waals surface area contributed by atoms with Crippen molar-refractivity contribution in [3.8, 4) is 0 Å². The standard InChI is InChI=1S/C18H30N4O/c1-3-4-7-17(16-6-5-9-19-15-16)20-18(23)8-10-22-13-11-21(2)12-14-22/h5-6,9,15,17H,3-4,7-8,10-14H2,1-2H3,(H,20,23)/t17-/m0/s1. The number of aromatic nitrogens is 1. The van der Waals surface area contributed by atoms with Crippen LogP contribution in [0.15, 0.2) is 24.5 Å². The van der Waals surface area contributed by atoms with E-state index in [0.717, 1.165) is 57.5 Å². The van der Waals surface area contributed by atoms with Crippen molar-refractivity contribution in [3.63, 3.8) is 0 Å². The Bertz CT molecular complexity index is 457. The number of unbranched alkanes of at least 4 members (excludes halogenated alkanes) is 1. The fourth-order valence-electron chi connectivity index (χ4n) is 2.91. The van der Waals surface area contributed by atoms with Crippen LogP contribution in [0.4, 0.5) is 0 Å². The molecule has 0 spiro atoms. The van der Waals surface area contributed by atoms with Gasteiger partial charge in [0.05, 0.1) is 6.04 Å². The van der Waals surface area contributed by atoms with E-state index in [1.807, 2.05) is 18.3 Å². The molecule has 23 heavy (non-hydrogen) atoms. The molecule has 0 radical (unpaired) electrons. The average molecular weight is 318 g/mol. The predicted molar refractivity (Wildman–Crippen MR) is 93.2 cm³/mol. The van der Waals surface area contributed by atoms with E-state index in [1.54, 1.807) is 6.20 Å². The number of carbonyl (C=O) groups excluding carboxylic acids is 1. The van der Waals surface area contributed by atoms with Gasteiger partial charge in [0.2, 0.25) is 5.91 Å². The van der Waals surface area contributed by atoms with Gasteiger partial charge in [-0.2, -0.15) is 0 Å². The Kier molecular flexibility index (Phi) is 7.49. The minimum atomic E-state index is 0.0867. The first kappa shape index (κ1) is 17.9. The summed E-state index contributed by atoms with van der Waals surface area (Å²) in [5, 5.41) is 3.20. The van der Waals surface area contributed by atoms with Gasteiger partial charge in [0, 0.05) is 51.5 Å². The number of hydrogen-bond acceptors (Lipinski definition) is 4. The molecule has 1 fully saturated rings. The number of likely N-dealkylation sites (N-methyl/N-ethyl adjacent to an activating group) is 1. The maximum Gasteiger partial charge on any atom is 0.221 e. The predicted octanol–water partition coefficient (Wildman–Crippen LogP) is 2.07. The molecule has 1 aliphatic rings. The summed E-state index contributed by atoms with van der Waals surface area (Å²) in [6.07, 6.45) is 7.43. The van der Waals surface area contributed by atoms with E-state index in [4.69, 9.17) is 0 Å². The summed E-state index contributed by atoms with van der Waals surface area (Å²) < 4.78 is 0. The van der Waals surface area contributed by atoms with E-state index < -0.39 is 0 Å². The summed E-state index contributed by atoms with van der Waals surface area (Å²) >= 11 is 0. The van der Waals surface area contributed by atoms with Crippen LogP contribution in [0.25, 0.3) is 0 Å². The summed E-state index contributed by atoms with van der Waals surface area (Å²) in [7, 11) is 2.15. The van der Waals surface area contributed by atoms with Gasteiger partial charge in [0.15, 0.2) is 0 Å². The third kappa shape index (κ3) is 6.28. The van der Waals surface area contributed by atoms with E-state index in [9.17, 15) is 4.79 Å². The lowest BCUT2D eigenvalue weighted by Crippen LogP contribution is -2.45. The normalized spacial score (nSPS) is 17.8. The van der Waals surface area contributed by atoms with Crippen LogP contribution in [0, 0.1) is 0 Å². The molecular formula is C18H30N4O. The van der Waals surface area contributed by atoms with Gasteiger partial charge in [-0.05, 0) is 25.1 Å². The lowest BCUT2D eigenvalue weighted by Gasteiger charge is -2.32. The summed E-state index contributed by atoms with van der Waals surface area (Å²) in [6, 6.07) is 4.07. The van der Waals surface area contributed by atoms with Crippen molar-refractivity contribution < 1.29 is 4.79 Å². The van der Waals surface area contributed by atoms with E-state index in [1.165, 1.54) is 0 Å². The van der Waals surface area contributed by atoms with Crippen molar-refractivity contribution in [2.75, 3.05) is 39.8 Å². The Labute approximate surface area is 140 Å². The molecule has 5 nitrogen and oxygen atoms in total. The van der Waals surface area contributed by atoms with Crippen molar-refractivity contribution in [1.82, 2.24) is 20.1 Å². The van der Waals surface area contributed by atoms with E-state index >= 15 is 0 Å². The lowest BCUT2D eigenvalue weighted by molar-refractivity contribution is -0.122. The van der Waals surface area contributed by atoms with Crippen molar-refractivity contribution in [1.29, 1.82) is 0 Å². The Balaban J connectivity index is 1.80. The highest BCUT2D eigenvalue weighted by atomic mass is 16.1. The summed E-state index contributed by atoms with van der Waals surface area (Å²) in [6.45, 7) is 7.34. The fourth-order valence-corrected chi connectivity index (χ4v) is 2.91. The topological polar surface area (TPSA) is 48.5 Å². The largest absolute Gasteiger partial charge is 0.349 e. The summed E-state index contributed by atoms with van der Waals surface area (Å²) in [5.41, 5.74) is 1.11. The van der Waals surface area contributed by atoms with Gasteiger partial charge < -0.3 is 15.1 Å². The monoisotopic (exact) mass is 318 g/mol. The van der Waals surface area contributed by atoms with E-state index in [0.29, 0.717) is 6.42 Å². The Morgan fingerprint density at radius 1 is 1.35 bits per heavy atom. The molecular weight excluding hydrogens is 288 g/mol. The minimum Gasteiger partial charge on any atom is -0.349 e. The van der Waals surface area contributed by atoms with Crippen LogP contribution in [-0.2, 0) is 4.79 Å². The number of hydrogen-bond donors (Lipinski definition) is 1. The summed E-state index contributed by atoms with van der Waals surface area (Å²) in [4.78, 5) is 21.2. The number of nitrogens with zero attached hydrogens (tertiary/aromatic N) is 3. The first-order valence-corrected chi connectivity index (χ1v) is 8.79. The number of nitrogens with one attached hydrogen (secondary N) is 1. The Morgan fingerprint density at radius 2 is 2.13 bits per heavy atom. The second-order valence-corrected chi connectivity index (χ2v) is 6.44. The molecule has 5 heteroatoms. The van der Waals surface area contributed by atoms with Crippen molar-refractivity contribution in [2.45, 2.75) is 38.6 Å². The Morgan fingerprint density at radius 3 is 2.78 bits per heavy atom. The molecule has 1 atom stereocenters. The number of piperazine rings is 1. The van der Waals surface area contributed by atoms with Crippen LogP contribution in [0.1, 0.15) is 44.2 Å². The summed E-state index contributed by atoms with van der Waals surface area (Å²) in [5.74, 6) is 0.147. The minimum absolute atomic E-state index is 0.0867. The van der Waals surface area contributed by atoms with Crippen LogP contribution >= 0.6 is 0 Å². The lowest BCUT2D eigenvalue weighted by atomic mass is 10.0. The molecule has 1 aromatic rings. The number of rotatable bonds is 8. The Hall–Kier alpha value is -1.46. The number of carbonyl (C=O) groups is 1. The molecule has 0 bridgehead atoms. The van der Waals surface area contributed by atoms with Crippen molar-refractivity contribution in [3.05, 3.63) is 30.1 Å². The third-order valence-corrected chi connectivity index (χ3v) is 4.52. The number of amides is 1. The molecule has 0 unspecified atom stereocenters. The highest BCUT2D eigenvalue weighted by Crippen LogP contribution is 2.18. The molecule has 1 aromatic heterocycles. The van der Waals surface area contributed by atoms with E-state index in [-0.39, 0.29) is 11.9 Å². The van der Waals surface area contributed by atoms with Crippen LogP contribution < -0.4 is 5.32 Å². The van der Waals surface area contributed by atoms with Gasteiger partial charge in [-0.1, -0.05) is 25.8 Å². The maximum atomic E-state index is 12.3. The zero-order chi connectivity index (χ0) is 16.5. The van der Waals surface area contributed by atoms with Crippen LogP contribution in [0.2, 0.25) is 0 Å². The van der Waals surface area contributed by atoms with Crippen LogP contribution in [0.5, 0.6) is 0 Å². The molecule has 1 saturated heterocycles. The smallest absolute Gasteiger partial charge is 0.221 e. The SMILES string of the molecule is CCCC[C@H](NC(=O)CCN1CCN(C)CC1)c1cccnc1. The van der Waals surface area contributed by atoms with E-state index in [2.05, 4.69) is 34.1 Å². The second kappa shape index (κ2) is 9.63. The van der Waals surface area contributed by atoms with Gasteiger partial charge in [-0.15, -0.1) is 0 Å². The molecule has 128 valence electrons. The molecule has 2 rings (SSSR count). The second-order valence-electron chi connectivity index (χ2n) is 6.44. The van der Waals surface area contributed by atoms with Gasteiger partial charge in [0.25, 0.3) is 0 Å². The van der Waals surface area contributed by atoms with Gasteiger partial charge in [-0.3, -0.25) is 9.78 Å². The highest BCUT2D eigenvalue weighted by molar-refractivity contribution is 5.76. The average Bonchev–Trinajstić information content (AvgIpc) is 2.59. The van der Waals surface area contributed by atoms with Crippen molar-refractivity contribution >= 4 is 5.91 Å². The quantitative estimate of drug-likeness (QED) is 0.797. The molecule has 2 heterocycles. The highest BCUT2D eigenvalue weighted by Gasteiger charge is 2.17. The fraction of sp³-hybridized carbons (Fsp3) is 0.667.